The zero-order valence-corrected chi connectivity index (χ0v) is 15.3. The van der Waals surface area contributed by atoms with Gasteiger partial charge in [-0.15, -0.1) is 11.8 Å². The van der Waals surface area contributed by atoms with E-state index in [4.69, 9.17) is 21.1 Å². The summed E-state index contributed by atoms with van der Waals surface area (Å²) in [6, 6.07) is 14.8. The van der Waals surface area contributed by atoms with Gasteiger partial charge in [-0.05, 0) is 48.5 Å². The number of hydrogen-bond donors (Lipinski definition) is 0. The normalized spacial score (nSPS) is 10.3. The number of rotatable bonds is 8. The Kier molecular flexibility index (Phi) is 7.28. The van der Waals surface area contributed by atoms with Crippen LogP contribution in [0.25, 0.3) is 0 Å². The van der Waals surface area contributed by atoms with Gasteiger partial charge in [-0.25, -0.2) is 0 Å². The highest BCUT2D eigenvalue weighted by Crippen LogP contribution is 2.20. The highest BCUT2D eigenvalue weighted by atomic mass is 35.5. The number of likely N-dealkylation sites (N-methyl/N-ethyl adjacent to an activating group) is 1. The van der Waals surface area contributed by atoms with Crippen molar-refractivity contribution in [2.45, 2.75) is 4.90 Å². The van der Waals surface area contributed by atoms with Crippen LogP contribution in [0.3, 0.4) is 0 Å². The molecule has 2 rings (SSSR count). The van der Waals surface area contributed by atoms with Gasteiger partial charge in [-0.2, -0.15) is 0 Å². The molecule has 0 aliphatic rings. The van der Waals surface area contributed by atoms with Crippen molar-refractivity contribution in [2.24, 2.45) is 0 Å². The molecule has 0 heterocycles. The minimum atomic E-state index is 0.0632. The predicted molar refractivity (Wildman–Crippen MR) is 98.3 cm³/mol. The van der Waals surface area contributed by atoms with E-state index in [2.05, 4.69) is 0 Å². The number of benzene rings is 2. The van der Waals surface area contributed by atoms with E-state index in [0.717, 1.165) is 16.4 Å². The summed E-state index contributed by atoms with van der Waals surface area (Å²) < 4.78 is 10.7. The second-order valence-corrected chi connectivity index (χ2v) is 6.57. The maximum absolute atomic E-state index is 12.1. The van der Waals surface area contributed by atoms with Crippen LogP contribution in [-0.2, 0) is 4.79 Å². The number of halogens is 1. The van der Waals surface area contributed by atoms with Crippen LogP contribution in [0.2, 0.25) is 5.02 Å². The summed E-state index contributed by atoms with van der Waals surface area (Å²) in [4.78, 5) is 14.8. The molecule has 24 heavy (non-hydrogen) atoms. The maximum atomic E-state index is 12.1. The van der Waals surface area contributed by atoms with Crippen molar-refractivity contribution < 1.29 is 14.3 Å². The first-order valence-corrected chi connectivity index (χ1v) is 8.84. The molecule has 0 N–H and O–H groups in total. The van der Waals surface area contributed by atoms with Gasteiger partial charge in [0.15, 0.2) is 0 Å². The van der Waals surface area contributed by atoms with E-state index in [1.807, 2.05) is 48.5 Å². The quantitative estimate of drug-likeness (QED) is 0.663. The highest BCUT2D eigenvalue weighted by molar-refractivity contribution is 8.00. The van der Waals surface area contributed by atoms with Crippen molar-refractivity contribution in [3.8, 4) is 11.5 Å². The molecule has 0 spiro atoms. The summed E-state index contributed by atoms with van der Waals surface area (Å²) >= 11 is 7.34. The number of hydrogen-bond acceptors (Lipinski definition) is 4. The molecule has 2 aromatic carbocycles. The summed E-state index contributed by atoms with van der Waals surface area (Å²) in [5.41, 5.74) is 0. The summed E-state index contributed by atoms with van der Waals surface area (Å²) in [5, 5.41) is 0.693. The summed E-state index contributed by atoms with van der Waals surface area (Å²) in [7, 11) is 3.40. The van der Waals surface area contributed by atoms with Crippen molar-refractivity contribution in [3.05, 3.63) is 53.6 Å². The molecule has 0 aliphatic carbocycles. The molecule has 0 aromatic heterocycles. The van der Waals surface area contributed by atoms with Gasteiger partial charge in [0.1, 0.15) is 18.1 Å². The molecule has 1 amide bonds. The van der Waals surface area contributed by atoms with Gasteiger partial charge in [0, 0.05) is 17.0 Å². The third kappa shape index (κ3) is 5.98. The average molecular weight is 366 g/mol. The zero-order chi connectivity index (χ0) is 17.4. The van der Waals surface area contributed by atoms with Gasteiger partial charge < -0.3 is 14.4 Å². The molecule has 0 aliphatic heterocycles. The van der Waals surface area contributed by atoms with Gasteiger partial charge in [0.2, 0.25) is 5.91 Å². The van der Waals surface area contributed by atoms with Crippen molar-refractivity contribution in [1.29, 1.82) is 0 Å². The van der Waals surface area contributed by atoms with Crippen LogP contribution in [0.4, 0.5) is 0 Å². The van der Waals surface area contributed by atoms with Gasteiger partial charge in [-0.1, -0.05) is 11.6 Å². The molecular formula is C18H20ClNO3S. The van der Waals surface area contributed by atoms with Crippen LogP contribution in [0, 0.1) is 0 Å². The first-order chi connectivity index (χ1) is 11.6. The standard InChI is InChI=1S/C18H20ClNO3S/c1-20(11-12-23-16-7-5-15(22-2)6-8-16)18(21)13-24-17-9-3-14(19)4-10-17/h3-10H,11-13H2,1-2H3. The van der Waals surface area contributed by atoms with E-state index in [0.29, 0.717) is 23.9 Å². The van der Waals surface area contributed by atoms with Gasteiger partial charge in [0.05, 0.1) is 19.4 Å². The Balaban J connectivity index is 1.69. The lowest BCUT2D eigenvalue weighted by molar-refractivity contribution is -0.127. The highest BCUT2D eigenvalue weighted by Gasteiger charge is 2.09. The fourth-order valence-electron chi connectivity index (χ4n) is 1.88. The molecule has 0 radical (unpaired) electrons. The van der Waals surface area contributed by atoms with Crippen LogP contribution >= 0.6 is 23.4 Å². The largest absolute Gasteiger partial charge is 0.497 e. The molecule has 0 saturated heterocycles. The van der Waals surface area contributed by atoms with Crippen molar-refractivity contribution >= 4 is 29.3 Å². The van der Waals surface area contributed by atoms with Crippen LogP contribution in [0.1, 0.15) is 0 Å². The topological polar surface area (TPSA) is 38.8 Å². The predicted octanol–water partition coefficient (Wildman–Crippen LogP) is 3.98. The van der Waals surface area contributed by atoms with Crippen LogP contribution in [0.5, 0.6) is 11.5 Å². The second kappa shape index (κ2) is 9.45. The SMILES string of the molecule is COc1ccc(OCCN(C)C(=O)CSc2ccc(Cl)cc2)cc1. The van der Waals surface area contributed by atoms with Gasteiger partial charge >= 0.3 is 0 Å². The first-order valence-electron chi connectivity index (χ1n) is 7.47. The molecule has 0 atom stereocenters. The van der Waals surface area contributed by atoms with E-state index in [1.165, 1.54) is 11.8 Å². The second-order valence-electron chi connectivity index (χ2n) is 5.08. The minimum absolute atomic E-state index is 0.0632. The molecular weight excluding hydrogens is 346 g/mol. The zero-order valence-electron chi connectivity index (χ0n) is 13.7. The Hall–Kier alpha value is -1.85. The smallest absolute Gasteiger partial charge is 0.232 e. The molecule has 4 nitrogen and oxygen atoms in total. The molecule has 2 aromatic rings. The van der Waals surface area contributed by atoms with E-state index in [1.54, 1.807) is 19.1 Å². The Morgan fingerprint density at radius 3 is 2.33 bits per heavy atom. The lowest BCUT2D eigenvalue weighted by Crippen LogP contribution is -2.32. The van der Waals surface area contributed by atoms with Crippen LogP contribution in [0.15, 0.2) is 53.4 Å². The number of methoxy groups -OCH3 is 1. The third-order valence-electron chi connectivity index (χ3n) is 3.36. The Morgan fingerprint density at radius 2 is 1.71 bits per heavy atom. The lowest BCUT2D eigenvalue weighted by Gasteiger charge is -2.17. The molecule has 6 heteroatoms. The Bertz CT molecular complexity index is 646. The van der Waals surface area contributed by atoms with Crippen LogP contribution in [-0.4, -0.2) is 43.9 Å². The Morgan fingerprint density at radius 1 is 1.08 bits per heavy atom. The maximum Gasteiger partial charge on any atom is 0.232 e. The summed E-state index contributed by atoms with van der Waals surface area (Å²) in [6.07, 6.45) is 0. The monoisotopic (exact) mass is 365 g/mol. The number of ether oxygens (including phenoxy) is 2. The third-order valence-corrected chi connectivity index (χ3v) is 4.61. The number of amides is 1. The van der Waals surface area contributed by atoms with E-state index >= 15 is 0 Å². The van der Waals surface area contributed by atoms with Crippen molar-refractivity contribution in [3.63, 3.8) is 0 Å². The van der Waals surface area contributed by atoms with E-state index in [9.17, 15) is 4.79 Å². The fourth-order valence-corrected chi connectivity index (χ4v) is 2.85. The summed E-state index contributed by atoms with van der Waals surface area (Å²) in [6.45, 7) is 0.978. The van der Waals surface area contributed by atoms with Crippen LogP contribution < -0.4 is 9.47 Å². The molecule has 0 bridgehead atoms. The van der Waals surface area contributed by atoms with Gasteiger partial charge in [0.25, 0.3) is 0 Å². The molecule has 0 unspecified atom stereocenters. The molecule has 0 fully saturated rings. The Labute approximate surface area is 151 Å². The number of nitrogens with zero attached hydrogens (tertiary/aromatic N) is 1. The minimum Gasteiger partial charge on any atom is -0.497 e. The fraction of sp³-hybridized carbons (Fsp3) is 0.278. The summed E-state index contributed by atoms with van der Waals surface area (Å²) in [5.74, 6) is 2.00. The number of thioether (sulfide) groups is 1. The molecule has 0 saturated carbocycles. The average Bonchev–Trinajstić information content (AvgIpc) is 2.61. The van der Waals surface area contributed by atoms with Crippen molar-refractivity contribution in [2.75, 3.05) is 33.1 Å². The lowest BCUT2D eigenvalue weighted by atomic mass is 10.3. The van der Waals surface area contributed by atoms with Crippen molar-refractivity contribution in [1.82, 2.24) is 4.90 Å². The molecule has 128 valence electrons. The first kappa shape index (κ1) is 18.5. The number of carbonyl (C=O) groups is 1. The number of carbonyl (C=O) groups excluding carboxylic acids is 1. The van der Waals surface area contributed by atoms with E-state index < -0.39 is 0 Å². The van der Waals surface area contributed by atoms with E-state index in [-0.39, 0.29) is 5.91 Å². The van der Waals surface area contributed by atoms with Gasteiger partial charge in [-0.3, -0.25) is 4.79 Å².